The van der Waals surface area contributed by atoms with E-state index in [1.165, 1.54) is 70.6 Å². The van der Waals surface area contributed by atoms with Crippen molar-refractivity contribution in [2.24, 2.45) is 17.3 Å². The maximum Gasteiger partial charge on any atom is 0.0499 e. The molecule has 0 aliphatic heterocycles. The van der Waals surface area contributed by atoms with Gasteiger partial charge in [-0.25, -0.2) is 0 Å². The van der Waals surface area contributed by atoms with E-state index in [0.29, 0.717) is 6.61 Å². The first-order valence-corrected chi connectivity index (χ1v) is 8.67. The second-order valence-corrected chi connectivity index (χ2v) is 7.49. The van der Waals surface area contributed by atoms with Crippen LogP contribution in [0.1, 0.15) is 70.6 Å². The Kier molecular flexibility index (Phi) is 4.48. The Hall–Kier alpha value is -0.0800. The van der Waals surface area contributed by atoms with Gasteiger partial charge >= 0.3 is 0 Å². The molecule has 0 saturated heterocycles. The average molecular weight is 265 g/mol. The fraction of sp³-hybridized carbons (Fsp3) is 1.00. The van der Waals surface area contributed by atoms with Gasteiger partial charge in [0.1, 0.15) is 0 Å². The Labute approximate surface area is 118 Å². The van der Waals surface area contributed by atoms with Crippen LogP contribution in [-0.2, 0) is 0 Å². The quantitative estimate of drug-likeness (QED) is 0.797. The molecule has 0 heterocycles. The lowest BCUT2D eigenvalue weighted by Crippen LogP contribution is -2.45. The second kappa shape index (κ2) is 6.13. The second-order valence-electron chi connectivity index (χ2n) is 7.49. The third-order valence-electron chi connectivity index (χ3n) is 6.11. The lowest BCUT2D eigenvalue weighted by Gasteiger charge is -2.40. The topological polar surface area (TPSA) is 32.3 Å². The predicted octanol–water partition coefficient (Wildman–Crippen LogP) is 3.49. The highest BCUT2D eigenvalue weighted by Crippen LogP contribution is 2.45. The fourth-order valence-corrected chi connectivity index (χ4v) is 4.45. The van der Waals surface area contributed by atoms with Crippen LogP contribution in [0, 0.1) is 17.3 Å². The van der Waals surface area contributed by atoms with Crippen LogP contribution in [0.15, 0.2) is 0 Å². The van der Waals surface area contributed by atoms with Crippen molar-refractivity contribution in [2.45, 2.75) is 76.7 Å². The summed E-state index contributed by atoms with van der Waals surface area (Å²) in [5, 5.41) is 13.3. The van der Waals surface area contributed by atoms with Gasteiger partial charge in [0, 0.05) is 24.6 Å². The van der Waals surface area contributed by atoms with E-state index in [4.69, 9.17) is 0 Å². The van der Waals surface area contributed by atoms with Gasteiger partial charge in [-0.3, -0.25) is 0 Å². The molecule has 2 atom stereocenters. The molecule has 0 aromatic heterocycles. The van der Waals surface area contributed by atoms with Gasteiger partial charge in [-0.05, 0) is 37.5 Å². The van der Waals surface area contributed by atoms with Gasteiger partial charge in [0.15, 0.2) is 0 Å². The largest absolute Gasteiger partial charge is 0.396 e. The molecule has 3 fully saturated rings. The van der Waals surface area contributed by atoms with Crippen molar-refractivity contribution in [1.29, 1.82) is 0 Å². The highest BCUT2D eigenvalue weighted by molar-refractivity contribution is 4.96. The summed E-state index contributed by atoms with van der Waals surface area (Å²) in [5.74, 6) is 1.93. The van der Waals surface area contributed by atoms with E-state index in [1.807, 2.05) is 0 Å². The van der Waals surface area contributed by atoms with Crippen molar-refractivity contribution >= 4 is 0 Å². The number of hydrogen-bond acceptors (Lipinski definition) is 2. The summed E-state index contributed by atoms with van der Waals surface area (Å²) in [4.78, 5) is 0. The predicted molar refractivity (Wildman–Crippen MR) is 79.1 cm³/mol. The summed E-state index contributed by atoms with van der Waals surface area (Å²) < 4.78 is 0. The van der Waals surface area contributed by atoms with Crippen molar-refractivity contribution in [3.05, 3.63) is 0 Å². The standard InChI is InChI=1S/C17H31NO/c19-13-17(10-11-17)12-18-16-9-5-4-8-15(16)14-6-2-1-3-7-14/h14-16,18-19H,1-13H2. The summed E-state index contributed by atoms with van der Waals surface area (Å²) >= 11 is 0. The van der Waals surface area contributed by atoms with E-state index in [9.17, 15) is 5.11 Å². The maximum atomic E-state index is 9.46. The highest BCUT2D eigenvalue weighted by atomic mass is 16.3. The van der Waals surface area contributed by atoms with Crippen molar-refractivity contribution in [3.63, 3.8) is 0 Å². The van der Waals surface area contributed by atoms with Crippen molar-refractivity contribution in [3.8, 4) is 0 Å². The monoisotopic (exact) mass is 265 g/mol. The van der Waals surface area contributed by atoms with E-state index in [0.717, 1.165) is 24.4 Å². The van der Waals surface area contributed by atoms with Crippen molar-refractivity contribution < 1.29 is 5.11 Å². The molecule has 0 aromatic carbocycles. The van der Waals surface area contributed by atoms with Crippen LogP contribution in [0.5, 0.6) is 0 Å². The first-order valence-electron chi connectivity index (χ1n) is 8.67. The molecule has 2 nitrogen and oxygen atoms in total. The number of aliphatic hydroxyl groups excluding tert-OH is 1. The van der Waals surface area contributed by atoms with Gasteiger partial charge in [-0.1, -0.05) is 44.9 Å². The summed E-state index contributed by atoms with van der Waals surface area (Å²) in [6.07, 6.45) is 15.5. The molecule has 3 rings (SSSR count). The van der Waals surface area contributed by atoms with Gasteiger partial charge in [-0.2, -0.15) is 0 Å². The summed E-state index contributed by atoms with van der Waals surface area (Å²) in [7, 11) is 0. The minimum atomic E-state index is 0.272. The van der Waals surface area contributed by atoms with Gasteiger partial charge < -0.3 is 10.4 Å². The van der Waals surface area contributed by atoms with Gasteiger partial charge in [0.05, 0.1) is 0 Å². The van der Waals surface area contributed by atoms with Crippen LogP contribution in [0.25, 0.3) is 0 Å². The maximum absolute atomic E-state index is 9.46. The number of nitrogens with one attached hydrogen (secondary N) is 1. The molecule has 2 heteroatoms. The molecule has 0 amide bonds. The van der Waals surface area contributed by atoms with E-state index in [1.54, 1.807) is 0 Å². The Bertz CT molecular complexity index is 281. The molecular formula is C17H31NO. The molecular weight excluding hydrogens is 234 g/mol. The molecule has 3 aliphatic rings. The zero-order chi connectivity index (χ0) is 13.1. The van der Waals surface area contributed by atoms with Gasteiger partial charge in [0.2, 0.25) is 0 Å². The van der Waals surface area contributed by atoms with Crippen molar-refractivity contribution in [1.82, 2.24) is 5.32 Å². The summed E-state index contributed by atoms with van der Waals surface area (Å²) in [5.41, 5.74) is 0.272. The molecule has 2 unspecified atom stereocenters. The van der Waals surface area contributed by atoms with Crippen LogP contribution in [0.2, 0.25) is 0 Å². The lowest BCUT2D eigenvalue weighted by atomic mass is 9.71. The Balaban J connectivity index is 1.54. The number of hydrogen-bond donors (Lipinski definition) is 2. The van der Waals surface area contributed by atoms with Gasteiger partial charge in [-0.15, -0.1) is 0 Å². The third kappa shape index (κ3) is 3.33. The van der Waals surface area contributed by atoms with Crippen LogP contribution in [0.3, 0.4) is 0 Å². The van der Waals surface area contributed by atoms with E-state index < -0.39 is 0 Å². The smallest absolute Gasteiger partial charge is 0.0499 e. The average Bonchev–Trinajstić information content (AvgIpc) is 3.27. The number of aliphatic hydroxyl groups is 1. The number of rotatable bonds is 5. The normalized spacial score (nSPS) is 35.2. The Morgan fingerprint density at radius 2 is 1.58 bits per heavy atom. The molecule has 0 radical (unpaired) electrons. The summed E-state index contributed by atoms with van der Waals surface area (Å²) in [6, 6.07) is 0.751. The highest BCUT2D eigenvalue weighted by Gasteiger charge is 2.43. The minimum absolute atomic E-state index is 0.272. The fourth-order valence-electron chi connectivity index (χ4n) is 4.45. The zero-order valence-corrected chi connectivity index (χ0v) is 12.4. The Morgan fingerprint density at radius 1 is 0.895 bits per heavy atom. The van der Waals surface area contributed by atoms with Crippen LogP contribution in [0.4, 0.5) is 0 Å². The van der Waals surface area contributed by atoms with E-state index in [2.05, 4.69) is 5.32 Å². The van der Waals surface area contributed by atoms with Crippen LogP contribution < -0.4 is 5.32 Å². The molecule has 0 bridgehead atoms. The molecule has 3 saturated carbocycles. The summed E-state index contributed by atoms with van der Waals surface area (Å²) in [6.45, 7) is 1.46. The first kappa shape index (κ1) is 13.9. The minimum Gasteiger partial charge on any atom is -0.396 e. The molecule has 0 aromatic rings. The molecule has 19 heavy (non-hydrogen) atoms. The first-order chi connectivity index (χ1) is 9.33. The van der Waals surface area contributed by atoms with E-state index >= 15 is 0 Å². The van der Waals surface area contributed by atoms with Gasteiger partial charge in [0.25, 0.3) is 0 Å². The van der Waals surface area contributed by atoms with Crippen molar-refractivity contribution in [2.75, 3.05) is 13.2 Å². The SMILES string of the molecule is OCC1(CNC2CCCCC2C2CCCCC2)CC1. The Morgan fingerprint density at radius 3 is 2.26 bits per heavy atom. The lowest BCUT2D eigenvalue weighted by molar-refractivity contribution is 0.136. The third-order valence-corrected chi connectivity index (χ3v) is 6.11. The molecule has 3 aliphatic carbocycles. The van der Waals surface area contributed by atoms with Crippen LogP contribution in [-0.4, -0.2) is 24.3 Å². The zero-order valence-electron chi connectivity index (χ0n) is 12.4. The molecule has 110 valence electrons. The van der Waals surface area contributed by atoms with E-state index in [-0.39, 0.29) is 5.41 Å². The molecule has 0 spiro atoms. The molecule has 2 N–H and O–H groups in total. The van der Waals surface area contributed by atoms with Crippen LogP contribution >= 0.6 is 0 Å².